The van der Waals surface area contributed by atoms with Crippen LogP contribution in [0.4, 0.5) is 0 Å². The molecule has 0 saturated carbocycles. The lowest BCUT2D eigenvalue weighted by atomic mass is 10.1. The Labute approximate surface area is 127 Å². The second kappa shape index (κ2) is 5.48. The number of aromatic nitrogens is 3. The summed E-state index contributed by atoms with van der Waals surface area (Å²) in [6, 6.07) is 9.10. The van der Waals surface area contributed by atoms with Gasteiger partial charge in [0.1, 0.15) is 17.0 Å². The second-order valence-corrected chi connectivity index (χ2v) is 4.74. The molecule has 6 heteroatoms. The van der Waals surface area contributed by atoms with Crippen molar-refractivity contribution in [3.63, 3.8) is 0 Å². The third-order valence-electron chi connectivity index (χ3n) is 3.50. The van der Waals surface area contributed by atoms with Crippen LogP contribution in [0.5, 0.6) is 5.75 Å². The van der Waals surface area contributed by atoms with E-state index in [-0.39, 0.29) is 0 Å². The topological polar surface area (TPSA) is 66.2 Å². The van der Waals surface area contributed by atoms with E-state index in [9.17, 15) is 4.79 Å². The average molecular weight is 297 g/mol. The Morgan fingerprint density at radius 1 is 1.23 bits per heavy atom. The number of pyridine rings is 1. The van der Waals surface area contributed by atoms with E-state index in [1.165, 1.54) is 14.2 Å². The zero-order valence-corrected chi connectivity index (χ0v) is 12.5. The van der Waals surface area contributed by atoms with E-state index in [1.807, 2.05) is 29.8 Å². The normalized spacial score (nSPS) is 10.7. The number of imidazole rings is 1. The number of methoxy groups -OCH3 is 2. The van der Waals surface area contributed by atoms with Gasteiger partial charge in [-0.05, 0) is 18.2 Å². The number of carbonyl (C=O) groups is 1. The molecule has 2 aromatic heterocycles. The van der Waals surface area contributed by atoms with Crippen molar-refractivity contribution in [3.8, 4) is 17.3 Å². The van der Waals surface area contributed by atoms with Gasteiger partial charge < -0.3 is 14.0 Å². The molecule has 0 amide bonds. The molecule has 2 heterocycles. The molecule has 0 aliphatic carbocycles. The fourth-order valence-corrected chi connectivity index (χ4v) is 2.38. The van der Waals surface area contributed by atoms with Gasteiger partial charge in [-0.15, -0.1) is 0 Å². The van der Waals surface area contributed by atoms with Crippen LogP contribution in [-0.4, -0.2) is 34.7 Å². The summed E-state index contributed by atoms with van der Waals surface area (Å²) in [5.74, 6) is 0.721. The van der Waals surface area contributed by atoms with Crippen molar-refractivity contribution in [2.75, 3.05) is 14.2 Å². The number of esters is 1. The van der Waals surface area contributed by atoms with E-state index in [2.05, 4.69) is 9.97 Å². The fraction of sp³-hybridized carbons (Fsp3) is 0.188. The highest BCUT2D eigenvalue weighted by Gasteiger charge is 2.18. The van der Waals surface area contributed by atoms with Gasteiger partial charge in [-0.1, -0.05) is 6.07 Å². The second-order valence-electron chi connectivity index (χ2n) is 4.74. The number of hydrogen-bond acceptors (Lipinski definition) is 5. The van der Waals surface area contributed by atoms with Crippen LogP contribution in [0.2, 0.25) is 0 Å². The third-order valence-corrected chi connectivity index (χ3v) is 3.50. The molecular formula is C16H15N3O3. The summed E-state index contributed by atoms with van der Waals surface area (Å²) in [5.41, 5.74) is 2.65. The lowest BCUT2D eigenvalue weighted by Gasteiger charge is -2.07. The summed E-state index contributed by atoms with van der Waals surface area (Å²) in [6.45, 7) is 0. The fourth-order valence-electron chi connectivity index (χ4n) is 2.38. The van der Waals surface area contributed by atoms with Crippen LogP contribution in [0.3, 0.4) is 0 Å². The molecule has 0 unspecified atom stereocenters. The first-order valence-corrected chi connectivity index (χ1v) is 6.70. The molecule has 0 spiro atoms. The molecule has 0 N–H and O–H groups in total. The average Bonchev–Trinajstić information content (AvgIpc) is 2.90. The summed E-state index contributed by atoms with van der Waals surface area (Å²) in [7, 11) is 4.75. The molecule has 0 radical (unpaired) electrons. The summed E-state index contributed by atoms with van der Waals surface area (Å²) in [5, 5.41) is 0. The maximum atomic E-state index is 11.8. The van der Waals surface area contributed by atoms with Crippen molar-refractivity contribution >= 4 is 17.0 Å². The van der Waals surface area contributed by atoms with Crippen molar-refractivity contribution in [2.24, 2.45) is 7.05 Å². The number of rotatable bonds is 3. The van der Waals surface area contributed by atoms with Gasteiger partial charge in [0.25, 0.3) is 0 Å². The lowest BCUT2D eigenvalue weighted by Crippen LogP contribution is -2.04. The number of fused-ring (bicyclic) bond motifs is 1. The van der Waals surface area contributed by atoms with Crippen LogP contribution in [0.25, 0.3) is 22.6 Å². The highest BCUT2D eigenvalue weighted by atomic mass is 16.5. The van der Waals surface area contributed by atoms with Gasteiger partial charge in [0.05, 0.1) is 25.3 Å². The number of ether oxygens (including phenoxy) is 2. The van der Waals surface area contributed by atoms with Gasteiger partial charge in [0.2, 0.25) is 0 Å². The van der Waals surface area contributed by atoms with Gasteiger partial charge in [0.15, 0.2) is 5.82 Å². The van der Waals surface area contributed by atoms with Crippen LogP contribution < -0.4 is 4.74 Å². The largest absolute Gasteiger partial charge is 0.496 e. The molecule has 1 aromatic carbocycles. The van der Waals surface area contributed by atoms with Gasteiger partial charge >= 0.3 is 5.97 Å². The predicted molar refractivity (Wildman–Crippen MR) is 81.8 cm³/mol. The molecule has 0 fully saturated rings. The van der Waals surface area contributed by atoms with Crippen LogP contribution in [0.1, 0.15) is 10.4 Å². The Kier molecular flexibility index (Phi) is 3.50. The van der Waals surface area contributed by atoms with Crippen molar-refractivity contribution < 1.29 is 14.3 Å². The minimum Gasteiger partial charge on any atom is -0.496 e. The molecule has 22 heavy (non-hydrogen) atoms. The van der Waals surface area contributed by atoms with E-state index in [1.54, 1.807) is 18.3 Å². The highest BCUT2D eigenvalue weighted by molar-refractivity contribution is 5.97. The van der Waals surface area contributed by atoms with E-state index in [0.717, 1.165) is 17.0 Å². The Balaban J connectivity index is 2.24. The molecule has 0 aliphatic heterocycles. The quantitative estimate of drug-likeness (QED) is 0.695. The van der Waals surface area contributed by atoms with Crippen molar-refractivity contribution in [3.05, 3.63) is 42.1 Å². The van der Waals surface area contributed by atoms with E-state index >= 15 is 0 Å². The first-order chi connectivity index (χ1) is 10.7. The number of aryl methyl sites for hydroxylation is 1. The monoisotopic (exact) mass is 297 g/mol. The number of hydrogen-bond donors (Lipinski definition) is 0. The Morgan fingerprint density at radius 3 is 2.68 bits per heavy atom. The molecule has 0 saturated heterocycles. The minimum absolute atomic E-state index is 0.350. The van der Waals surface area contributed by atoms with Crippen molar-refractivity contribution in [1.82, 2.24) is 14.5 Å². The van der Waals surface area contributed by atoms with E-state index in [4.69, 9.17) is 9.47 Å². The third kappa shape index (κ3) is 2.18. The Morgan fingerprint density at radius 2 is 2.05 bits per heavy atom. The Hall–Kier alpha value is -2.89. The van der Waals surface area contributed by atoms with Crippen LogP contribution in [0, 0.1) is 0 Å². The SMILES string of the molecule is COC(=O)c1cc2nc(-c3ccccn3)n(C)c2cc1OC. The molecule has 6 nitrogen and oxygen atoms in total. The van der Waals surface area contributed by atoms with E-state index < -0.39 is 5.97 Å². The maximum Gasteiger partial charge on any atom is 0.341 e. The van der Waals surface area contributed by atoms with E-state index in [0.29, 0.717) is 16.8 Å². The molecule has 3 rings (SSSR count). The van der Waals surface area contributed by atoms with Crippen LogP contribution >= 0.6 is 0 Å². The number of nitrogens with zero attached hydrogens (tertiary/aromatic N) is 3. The zero-order chi connectivity index (χ0) is 15.7. The standard InChI is InChI=1S/C16H15N3O3/c1-19-13-9-14(21-2)10(16(20)22-3)8-12(13)18-15(19)11-6-4-5-7-17-11/h4-9H,1-3H3. The minimum atomic E-state index is -0.455. The number of benzene rings is 1. The summed E-state index contributed by atoms with van der Waals surface area (Å²) >= 11 is 0. The maximum absolute atomic E-state index is 11.8. The van der Waals surface area contributed by atoms with Crippen molar-refractivity contribution in [1.29, 1.82) is 0 Å². The molecular weight excluding hydrogens is 282 g/mol. The number of carbonyl (C=O) groups excluding carboxylic acids is 1. The Bertz CT molecular complexity index is 841. The first kappa shape index (κ1) is 14.1. The zero-order valence-electron chi connectivity index (χ0n) is 12.5. The van der Waals surface area contributed by atoms with Crippen molar-refractivity contribution in [2.45, 2.75) is 0 Å². The predicted octanol–water partition coefficient (Wildman–Crippen LogP) is 2.43. The molecule has 0 bridgehead atoms. The van der Waals surface area contributed by atoms with Gasteiger partial charge in [-0.2, -0.15) is 0 Å². The molecule has 0 atom stereocenters. The van der Waals surface area contributed by atoms with Gasteiger partial charge in [-0.3, -0.25) is 4.98 Å². The van der Waals surface area contributed by atoms with Crippen LogP contribution in [0.15, 0.2) is 36.5 Å². The highest BCUT2D eigenvalue weighted by Crippen LogP contribution is 2.29. The lowest BCUT2D eigenvalue weighted by molar-refractivity contribution is 0.0597. The van der Waals surface area contributed by atoms with Gasteiger partial charge in [0, 0.05) is 19.3 Å². The summed E-state index contributed by atoms with van der Waals surface area (Å²) < 4.78 is 12.0. The summed E-state index contributed by atoms with van der Waals surface area (Å²) in [4.78, 5) is 20.7. The first-order valence-electron chi connectivity index (χ1n) is 6.70. The summed E-state index contributed by atoms with van der Waals surface area (Å²) in [6.07, 6.45) is 1.72. The smallest absolute Gasteiger partial charge is 0.341 e. The molecule has 0 aliphatic rings. The molecule has 3 aromatic rings. The van der Waals surface area contributed by atoms with Crippen LogP contribution in [-0.2, 0) is 11.8 Å². The molecule has 112 valence electrons. The van der Waals surface area contributed by atoms with Gasteiger partial charge in [-0.25, -0.2) is 9.78 Å².